The first-order valence-corrected chi connectivity index (χ1v) is 9.41. The zero-order valence-electron chi connectivity index (χ0n) is 15.9. The van der Waals surface area contributed by atoms with Crippen LogP contribution in [0.25, 0.3) is 0 Å². The van der Waals surface area contributed by atoms with Gasteiger partial charge in [0.25, 0.3) is 5.91 Å². The minimum atomic E-state index is -0.576. The first kappa shape index (κ1) is 19.0. The van der Waals surface area contributed by atoms with Gasteiger partial charge in [-0.15, -0.1) is 0 Å². The van der Waals surface area contributed by atoms with E-state index in [0.717, 1.165) is 43.7 Å². The number of piperidine rings is 1. The number of ether oxygens (including phenoxy) is 1. The Morgan fingerprint density at radius 2 is 1.96 bits per heavy atom. The number of hydrogen-bond acceptors (Lipinski definition) is 4. The summed E-state index contributed by atoms with van der Waals surface area (Å²) in [4.78, 5) is 26.6. The summed E-state index contributed by atoms with van der Waals surface area (Å²) < 4.78 is 11.2. The number of furan rings is 1. The number of carbonyl (C=O) groups excluding carboxylic acids is 2. The number of benzene rings is 1. The highest BCUT2D eigenvalue weighted by Gasteiger charge is 2.24. The largest absolute Gasteiger partial charge is 0.486 e. The summed E-state index contributed by atoms with van der Waals surface area (Å²) in [6.45, 7) is 5.47. The first-order valence-electron chi connectivity index (χ1n) is 9.41. The van der Waals surface area contributed by atoms with Gasteiger partial charge in [-0.1, -0.05) is 12.1 Å². The molecule has 0 radical (unpaired) electrons. The number of carbonyl (C=O) groups is 2. The van der Waals surface area contributed by atoms with Gasteiger partial charge in [-0.25, -0.2) is 0 Å². The average Bonchev–Trinajstić information content (AvgIpc) is 3.16. The highest BCUT2D eigenvalue weighted by atomic mass is 16.5. The van der Waals surface area contributed by atoms with Crippen molar-refractivity contribution in [3.05, 3.63) is 53.5 Å². The minimum absolute atomic E-state index is 0.0439. The van der Waals surface area contributed by atoms with E-state index < -0.39 is 11.9 Å². The van der Waals surface area contributed by atoms with Gasteiger partial charge < -0.3 is 19.4 Å². The number of aryl methyl sites for hydroxylation is 1. The molecule has 2 heterocycles. The second-order valence-electron chi connectivity index (χ2n) is 6.95. The Balaban J connectivity index is 1.52. The summed E-state index contributed by atoms with van der Waals surface area (Å²) in [7, 11) is 0. The number of nitrogens with one attached hydrogen (secondary N) is 1. The lowest BCUT2D eigenvalue weighted by Crippen LogP contribution is -2.48. The van der Waals surface area contributed by atoms with E-state index in [2.05, 4.69) is 5.32 Å². The second kappa shape index (κ2) is 8.75. The van der Waals surface area contributed by atoms with Crippen LogP contribution >= 0.6 is 0 Å². The lowest BCUT2D eigenvalue weighted by Gasteiger charge is -2.29. The van der Waals surface area contributed by atoms with Gasteiger partial charge in [0.05, 0.1) is 0 Å². The quantitative estimate of drug-likeness (QED) is 0.847. The van der Waals surface area contributed by atoms with E-state index in [-0.39, 0.29) is 18.3 Å². The number of hydrogen-bond donors (Lipinski definition) is 1. The number of likely N-dealkylation sites (tertiary alicyclic amines) is 1. The predicted octanol–water partition coefficient (Wildman–Crippen LogP) is 3.30. The fourth-order valence-electron chi connectivity index (χ4n) is 3.15. The van der Waals surface area contributed by atoms with E-state index >= 15 is 0 Å². The van der Waals surface area contributed by atoms with Crippen LogP contribution in [0.3, 0.4) is 0 Å². The molecule has 2 aromatic rings. The maximum absolute atomic E-state index is 12.4. The van der Waals surface area contributed by atoms with Crippen LogP contribution in [-0.4, -0.2) is 35.8 Å². The summed E-state index contributed by atoms with van der Waals surface area (Å²) in [6, 6.07) is 10.5. The maximum atomic E-state index is 12.4. The maximum Gasteiger partial charge on any atom is 0.287 e. The molecule has 2 amide bonds. The molecule has 0 bridgehead atoms. The van der Waals surface area contributed by atoms with Crippen LogP contribution in [-0.2, 0) is 11.4 Å². The summed E-state index contributed by atoms with van der Waals surface area (Å²) in [6.07, 6.45) is 3.20. The van der Waals surface area contributed by atoms with Crippen molar-refractivity contribution >= 4 is 11.8 Å². The number of nitrogens with zero attached hydrogens (tertiary/aromatic N) is 1. The van der Waals surface area contributed by atoms with Crippen molar-refractivity contribution < 1.29 is 18.7 Å². The molecule has 0 unspecified atom stereocenters. The van der Waals surface area contributed by atoms with Gasteiger partial charge in [-0.3, -0.25) is 9.59 Å². The molecule has 1 atom stereocenters. The summed E-state index contributed by atoms with van der Waals surface area (Å²) in [5.41, 5.74) is 1.11. The summed E-state index contributed by atoms with van der Waals surface area (Å²) in [5, 5.41) is 2.72. The van der Waals surface area contributed by atoms with E-state index in [0.29, 0.717) is 5.76 Å². The average molecular weight is 370 g/mol. The Bertz CT molecular complexity index is 793. The minimum Gasteiger partial charge on any atom is -0.486 e. The SMILES string of the molecule is Cc1cccc(OCc2ccc(C(=O)N[C@H](C)C(=O)N3CCCCC3)o2)c1. The molecule has 0 saturated carbocycles. The third-order valence-electron chi connectivity index (χ3n) is 4.64. The van der Waals surface area contributed by atoms with Crippen LogP contribution < -0.4 is 10.1 Å². The molecule has 3 rings (SSSR count). The van der Waals surface area contributed by atoms with Gasteiger partial charge in [0.15, 0.2) is 5.76 Å². The van der Waals surface area contributed by atoms with E-state index in [1.54, 1.807) is 19.1 Å². The predicted molar refractivity (Wildman–Crippen MR) is 102 cm³/mol. The lowest BCUT2D eigenvalue weighted by atomic mass is 10.1. The van der Waals surface area contributed by atoms with Crippen LogP contribution in [0.5, 0.6) is 5.75 Å². The van der Waals surface area contributed by atoms with Gasteiger partial charge in [-0.2, -0.15) is 0 Å². The number of amides is 2. The van der Waals surface area contributed by atoms with Crippen molar-refractivity contribution in [2.75, 3.05) is 13.1 Å². The Morgan fingerprint density at radius 1 is 1.19 bits per heavy atom. The molecule has 1 aromatic carbocycles. The van der Waals surface area contributed by atoms with Crippen molar-refractivity contribution in [2.45, 2.75) is 45.8 Å². The molecule has 1 aromatic heterocycles. The second-order valence-corrected chi connectivity index (χ2v) is 6.95. The van der Waals surface area contributed by atoms with Gasteiger partial charge in [0.1, 0.15) is 24.2 Å². The van der Waals surface area contributed by atoms with Crippen molar-refractivity contribution in [3.8, 4) is 5.75 Å². The van der Waals surface area contributed by atoms with Gasteiger partial charge in [-0.05, 0) is 62.9 Å². The summed E-state index contributed by atoms with van der Waals surface area (Å²) >= 11 is 0. The van der Waals surface area contributed by atoms with Gasteiger partial charge in [0.2, 0.25) is 5.91 Å². The molecular formula is C21H26N2O4. The van der Waals surface area contributed by atoms with Crippen molar-refractivity contribution in [2.24, 2.45) is 0 Å². The molecule has 1 fully saturated rings. The normalized spacial score (nSPS) is 15.3. The van der Waals surface area contributed by atoms with Crippen LogP contribution in [0.1, 0.15) is 48.1 Å². The van der Waals surface area contributed by atoms with E-state index in [9.17, 15) is 9.59 Å². The van der Waals surface area contributed by atoms with E-state index in [4.69, 9.17) is 9.15 Å². The van der Waals surface area contributed by atoms with Crippen LogP contribution in [0.4, 0.5) is 0 Å². The molecule has 144 valence electrons. The molecule has 1 aliphatic rings. The molecule has 1 N–H and O–H groups in total. The standard InChI is InChI=1S/C21H26N2O4/c1-15-7-6-8-17(13-15)26-14-18-9-10-19(27-18)20(24)22-16(2)21(25)23-11-4-3-5-12-23/h6-10,13,16H,3-5,11-12,14H2,1-2H3,(H,22,24)/t16-/m1/s1. The molecule has 1 saturated heterocycles. The van der Waals surface area contributed by atoms with Crippen LogP contribution in [0.2, 0.25) is 0 Å². The highest BCUT2D eigenvalue weighted by molar-refractivity contribution is 5.95. The fraction of sp³-hybridized carbons (Fsp3) is 0.429. The van der Waals surface area contributed by atoms with Gasteiger partial charge >= 0.3 is 0 Å². The molecule has 0 spiro atoms. The Hall–Kier alpha value is -2.76. The molecule has 1 aliphatic heterocycles. The van der Waals surface area contributed by atoms with Crippen LogP contribution in [0, 0.1) is 6.92 Å². The van der Waals surface area contributed by atoms with Crippen LogP contribution in [0.15, 0.2) is 40.8 Å². The zero-order chi connectivity index (χ0) is 19.2. The Labute approximate surface area is 159 Å². The highest BCUT2D eigenvalue weighted by Crippen LogP contribution is 2.16. The number of rotatable bonds is 6. The van der Waals surface area contributed by atoms with Crippen molar-refractivity contribution in [3.63, 3.8) is 0 Å². The zero-order valence-corrected chi connectivity index (χ0v) is 15.9. The van der Waals surface area contributed by atoms with Crippen molar-refractivity contribution in [1.82, 2.24) is 10.2 Å². The first-order chi connectivity index (χ1) is 13.0. The Morgan fingerprint density at radius 3 is 2.70 bits per heavy atom. The lowest BCUT2D eigenvalue weighted by molar-refractivity contribution is -0.133. The molecule has 0 aliphatic carbocycles. The Kier molecular flexibility index (Phi) is 6.16. The fourth-order valence-corrected chi connectivity index (χ4v) is 3.15. The topological polar surface area (TPSA) is 71.8 Å². The molecular weight excluding hydrogens is 344 g/mol. The van der Waals surface area contributed by atoms with Crippen molar-refractivity contribution in [1.29, 1.82) is 0 Å². The third kappa shape index (κ3) is 5.12. The van der Waals surface area contributed by atoms with E-state index in [1.165, 1.54) is 0 Å². The van der Waals surface area contributed by atoms with E-state index in [1.807, 2.05) is 36.1 Å². The van der Waals surface area contributed by atoms with Gasteiger partial charge in [0, 0.05) is 13.1 Å². The summed E-state index contributed by atoms with van der Waals surface area (Å²) in [5.74, 6) is 1.04. The monoisotopic (exact) mass is 370 g/mol. The third-order valence-corrected chi connectivity index (χ3v) is 4.64. The smallest absolute Gasteiger partial charge is 0.287 e. The molecule has 6 heteroatoms. The molecule has 27 heavy (non-hydrogen) atoms. The molecule has 6 nitrogen and oxygen atoms in total.